The predicted molar refractivity (Wildman–Crippen MR) is 55.8 cm³/mol. The Morgan fingerprint density at radius 1 is 1.14 bits per heavy atom. The van der Waals surface area contributed by atoms with Crippen molar-refractivity contribution in [1.82, 2.24) is 0 Å². The van der Waals surface area contributed by atoms with Gasteiger partial charge in [-0.05, 0) is 37.6 Å². The highest BCUT2D eigenvalue weighted by molar-refractivity contribution is 5.62. The largest absolute Gasteiger partial charge is 0.398 e. The second kappa shape index (κ2) is 2.04. The van der Waals surface area contributed by atoms with Crippen molar-refractivity contribution in [2.45, 2.75) is 25.0 Å². The van der Waals surface area contributed by atoms with Gasteiger partial charge in [0.25, 0.3) is 0 Å². The number of hydrogen-bond donors (Lipinski definition) is 1. The van der Waals surface area contributed by atoms with Crippen molar-refractivity contribution in [3.05, 3.63) is 41.5 Å². The molecule has 72 valence electrons. The number of ether oxygens (including phenoxy) is 1. The zero-order valence-corrected chi connectivity index (χ0v) is 8.37. The zero-order valence-electron chi connectivity index (χ0n) is 8.37. The number of fused-ring (bicyclic) bond motifs is 5. The molecule has 0 saturated carbocycles. The molecule has 2 bridgehead atoms. The maximum atomic E-state index is 6.01. The van der Waals surface area contributed by atoms with Crippen LogP contribution in [0.2, 0.25) is 0 Å². The minimum absolute atomic E-state index is 0.264. The SMILES string of the molecule is C[C@]12C=C[C@](C)(O1)c1cccc(N)c12. The third-order valence-electron chi connectivity index (χ3n) is 3.27. The van der Waals surface area contributed by atoms with E-state index in [0.29, 0.717) is 0 Å². The van der Waals surface area contributed by atoms with Crippen molar-refractivity contribution in [2.24, 2.45) is 0 Å². The molecule has 2 atom stereocenters. The Hall–Kier alpha value is -1.28. The smallest absolute Gasteiger partial charge is 0.112 e. The van der Waals surface area contributed by atoms with Crippen molar-refractivity contribution in [3.63, 3.8) is 0 Å². The molecule has 0 fully saturated rings. The summed E-state index contributed by atoms with van der Waals surface area (Å²) >= 11 is 0. The van der Waals surface area contributed by atoms with E-state index in [1.807, 2.05) is 12.1 Å². The van der Waals surface area contributed by atoms with E-state index >= 15 is 0 Å². The summed E-state index contributed by atoms with van der Waals surface area (Å²) in [7, 11) is 0. The number of benzene rings is 1. The summed E-state index contributed by atoms with van der Waals surface area (Å²) in [6, 6.07) is 6.02. The predicted octanol–water partition coefficient (Wildman–Crippen LogP) is 2.30. The third kappa shape index (κ3) is 0.712. The average molecular weight is 187 g/mol. The summed E-state index contributed by atoms with van der Waals surface area (Å²) in [5.74, 6) is 0. The zero-order chi connectivity index (χ0) is 9.97. The van der Waals surface area contributed by atoms with Gasteiger partial charge in [0.1, 0.15) is 11.2 Å². The van der Waals surface area contributed by atoms with Crippen LogP contribution >= 0.6 is 0 Å². The summed E-state index contributed by atoms with van der Waals surface area (Å²) in [5.41, 5.74) is 8.60. The number of anilines is 1. The highest BCUT2D eigenvalue weighted by Gasteiger charge is 2.51. The van der Waals surface area contributed by atoms with Gasteiger partial charge in [-0.1, -0.05) is 12.1 Å². The molecule has 0 radical (unpaired) electrons. The molecule has 0 saturated heterocycles. The van der Waals surface area contributed by atoms with Gasteiger partial charge in [0.2, 0.25) is 0 Å². The molecule has 0 aromatic heterocycles. The molecule has 1 aromatic carbocycles. The van der Waals surface area contributed by atoms with Crippen LogP contribution in [-0.4, -0.2) is 0 Å². The summed E-state index contributed by atoms with van der Waals surface area (Å²) in [6.45, 7) is 4.15. The van der Waals surface area contributed by atoms with Gasteiger partial charge in [-0.3, -0.25) is 0 Å². The summed E-state index contributed by atoms with van der Waals surface area (Å²) in [5, 5.41) is 0. The number of nitrogens with two attached hydrogens (primary N) is 1. The van der Waals surface area contributed by atoms with Gasteiger partial charge in [0.05, 0.1) is 0 Å². The minimum atomic E-state index is -0.310. The molecule has 2 aliphatic rings. The van der Waals surface area contributed by atoms with E-state index in [9.17, 15) is 0 Å². The van der Waals surface area contributed by atoms with Crippen molar-refractivity contribution in [1.29, 1.82) is 0 Å². The maximum Gasteiger partial charge on any atom is 0.112 e. The lowest BCUT2D eigenvalue weighted by Gasteiger charge is -2.19. The van der Waals surface area contributed by atoms with Crippen LogP contribution in [0.1, 0.15) is 25.0 Å². The molecular formula is C12H13NO. The first-order valence-corrected chi connectivity index (χ1v) is 4.85. The van der Waals surface area contributed by atoms with E-state index in [1.54, 1.807) is 0 Å². The fourth-order valence-corrected chi connectivity index (χ4v) is 2.64. The highest BCUT2D eigenvalue weighted by atomic mass is 16.5. The van der Waals surface area contributed by atoms with Crippen molar-refractivity contribution >= 4 is 5.69 Å². The van der Waals surface area contributed by atoms with Gasteiger partial charge in [0.15, 0.2) is 0 Å². The van der Waals surface area contributed by atoms with E-state index in [2.05, 4.69) is 32.1 Å². The second-order valence-corrected chi connectivity index (χ2v) is 4.42. The molecule has 2 heteroatoms. The molecule has 0 spiro atoms. The van der Waals surface area contributed by atoms with E-state index in [1.165, 1.54) is 5.56 Å². The fourth-order valence-electron chi connectivity index (χ4n) is 2.64. The molecule has 2 N–H and O–H groups in total. The monoisotopic (exact) mass is 187 g/mol. The average Bonchev–Trinajstić information content (AvgIpc) is 2.54. The molecule has 3 rings (SSSR count). The first-order chi connectivity index (χ1) is 6.55. The molecule has 1 aromatic rings. The fraction of sp³-hybridized carbons (Fsp3) is 0.333. The molecule has 0 aliphatic carbocycles. The molecule has 0 unspecified atom stereocenters. The highest BCUT2D eigenvalue weighted by Crippen LogP contribution is 2.55. The van der Waals surface area contributed by atoms with Crippen LogP contribution in [0.3, 0.4) is 0 Å². The molecular weight excluding hydrogens is 174 g/mol. The molecule has 2 nitrogen and oxygen atoms in total. The van der Waals surface area contributed by atoms with Gasteiger partial charge in [-0.25, -0.2) is 0 Å². The Labute approximate surface area is 83.4 Å². The van der Waals surface area contributed by atoms with Crippen molar-refractivity contribution in [3.8, 4) is 0 Å². The van der Waals surface area contributed by atoms with Crippen LogP contribution < -0.4 is 5.73 Å². The van der Waals surface area contributed by atoms with E-state index < -0.39 is 0 Å². The quantitative estimate of drug-likeness (QED) is 0.499. The van der Waals surface area contributed by atoms with Crippen LogP contribution in [0.5, 0.6) is 0 Å². The van der Waals surface area contributed by atoms with Crippen LogP contribution in [0, 0.1) is 0 Å². The van der Waals surface area contributed by atoms with Crippen molar-refractivity contribution in [2.75, 3.05) is 5.73 Å². The maximum absolute atomic E-state index is 6.01. The molecule has 2 aliphatic heterocycles. The first-order valence-electron chi connectivity index (χ1n) is 4.85. The Balaban J connectivity index is 2.38. The Kier molecular flexibility index (Phi) is 1.17. The summed E-state index contributed by atoms with van der Waals surface area (Å²) < 4.78 is 6.01. The standard InChI is InChI=1S/C12H13NO/c1-11-6-7-12(2,14-11)10-8(11)4-3-5-9(10)13/h3-7H,13H2,1-2H3/t11-,12+/m0/s1. The summed E-state index contributed by atoms with van der Waals surface area (Å²) in [6.07, 6.45) is 4.22. The number of hydrogen-bond acceptors (Lipinski definition) is 2. The van der Waals surface area contributed by atoms with Gasteiger partial charge in [0, 0.05) is 11.3 Å². The molecule has 0 amide bonds. The van der Waals surface area contributed by atoms with Crippen molar-refractivity contribution < 1.29 is 4.74 Å². The third-order valence-corrected chi connectivity index (χ3v) is 3.27. The van der Waals surface area contributed by atoms with Crippen LogP contribution in [0.15, 0.2) is 30.4 Å². The Morgan fingerprint density at radius 3 is 2.57 bits per heavy atom. The lowest BCUT2D eigenvalue weighted by Crippen LogP contribution is -2.17. The van der Waals surface area contributed by atoms with E-state index in [-0.39, 0.29) is 11.2 Å². The van der Waals surface area contributed by atoms with Gasteiger partial charge in [-0.2, -0.15) is 0 Å². The topological polar surface area (TPSA) is 35.2 Å². The molecule has 2 heterocycles. The minimum Gasteiger partial charge on any atom is -0.398 e. The van der Waals surface area contributed by atoms with Crippen LogP contribution in [0.25, 0.3) is 0 Å². The lowest BCUT2D eigenvalue weighted by molar-refractivity contribution is -0.0492. The van der Waals surface area contributed by atoms with E-state index in [4.69, 9.17) is 10.5 Å². The lowest BCUT2D eigenvalue weighted by atomic mass is 9.82. The Morgan fingerprint density at radius 2 is 1.86 bits per heavy atom. The van der Waals surface area contributed by atoms with Crippen LogP contribution in [-0.2, 0) is 15.9 Å². The van der Waals surface area contributed by atoms with Gasteiger partial charge >= 0.3 is 0 Å². The normalized spacial score (nSPS) is 37.6. The van der Waals surface area contributed by atoms with Gasteiger partial charge < -0.3 is 10.5 Å². The summed E-state index contributed by atoms with van der Waals surface area (Å²) in [4.78, 5) is 0. The number of rotatable bonds is 0. The van der Waals surface area contributed by atoms with E-state index in [0.717, 1.165) is 11.3 Å². The second-order valence-electron chi connectivity index (χ2n) is 4.42. The first kappa shape index (κ1) is 8.06. The Bertz CT molecular complexity index is 452. The number of nitrogen functional groups attached to an aromatic ring is 1. The molecule has 14 heavy (non-hydrogen) atoms. The van der Waals surface area contributed by atoms with Gasteiger partial charge in [-0.15, -0.1) is 0 Å². The van der Waals surface area contributed by atoms with Crippen LogP contribution in [0.4, 0.5) is 5.69 Å².